The number of nitrogens with zero attached hydrogens (tertiary/aromatic N) is 27. The molecule has 18 rings (SSSR count). The minimum atomic E-state index is -2.51. The molecule has 7 aliphatic rings. The molecule has 0 spiro atoms. The van der Waals surface area contributed by atoms with Crippen LogP contribution in [0.2, 0.25) is 0 Å². The zero-order valence-corrected chi connectivity index (χ0v) is 86.3. The van der Waals surface area contributed by atoms with Crippen LogP contribution in [0.3, 0.4) is 0 Å². The summed E-state index contributed by atoms with van der Waals surface area (Å²) >= 11 is 0. The summed E-state index contributed by atoms with van der Waals surface area (Å²) in [7, 11) is -11.9. The molecule has 41 nitrogen and oxygen atoms in total. The first-order valence-electron chi connectivity index (χ1n) is 45.7. The van der Waals surface area contributed by atoms with Gasteiger partial charge in [0.25, 0.3) is 0 Å². The number of aryl methyl sites for hydroxylation is 4. The standard InChI is InChI=1S/C23H28N6O3S.C19H24N6O2S.C18H22N6O2S.2C17H24N6O2S/c1-16-15-32-11-8-29(16)22-14-21(27-33(31)12-9-28(10-13-33)17(2)30)25-23(26-22)19-6-7-24-20-5-3-4-18(19)20;1-12-9-15-14(5-6-20-18(15)21-12)19-22-16(24-28(3,4)26)10-17(23-19)25-7-8-27-11-13(25)2;1-12-7-14(8-15(10-19)20-12)18-21-16(23-27(3,4)25)9-17(22-18)24-5-6-26-11-13(24)2;2*1-11-7-13(8-14(18)19-11)17-20-15(22-26(3,4)24)9-16(21-17)23-5-6-25-10-12(23)2/h3-4,6-7,14,16H,5,8-13,15H2,1-2H3;5-6,9-10,13H,7-8,11H2,1-4H3,(H,20,21);7-9,13H,5-6,11H2,1-4H3;2*7-9,12H,5-6,10H2,1-4H3,(H2,18,19)/t16-;2*13-;2*12-/m11111/s1. The molecule has 6 saturated heterocycles. The zero-order valence-electron chi connectivity index (χ0n) is 82.2. The van der Waals surface area contributed by atoms with Gasteiger partial charge in [-0.15, -0.1) is 0 Å². The third-order valence-electron chi connectivity index (χ3n) is 22.7. The van der Waals surface area contributed by atoms with Crippen LogP contribution >= 0.6 is 0 Å². The van der Waals surface area contributed by atoms with Crippen molar-refractivity contribution in [1.29, 1.82) is 5.26 Å². The second kappa shape index (κ2) is 44.6. The number of nitrogens with two attached hydrogens (primary N) is 2. The van der Waals surface area contributed by atoms with E-state index in [0.717, 1.165) is 111 Å². The highest BCUT2D eigenvalue weighted by atomic mass is 32.2. The SMILES string of the molecule is CC(=O)N1CCS(=O)(=Nc2cc(N3CCOC[C@H]3C)nc(-c3ccnc4c3C=CC4)n2)CC1.Cc1cc(-c2nc(N=S(C)(C)=O)cc(N3CCOC[C@H]3C)n2)cc(C#N)n1.Cc1cc(-c2nc(N=S(C)(C)=O)cc(N3CCOC[C@H]3C)n2)cc(N)n1.Cc1cc(-c2nc(N=S(C)(C)=O)cc(N3CCOC[C@H]3C)n2)cc(N)n1.Cc1cc2c(-c3nc(N=S(C)(C)=O)cc(N4CCOC[C@H]4C)n3)ccnc2[nH]1. The molecule has 0 radical (unpaired) electrons. The second-order valence-electron chi connectivity index (χ2n) is 36.2. The number of ether oxygens (including phenoxy) is 5. The van der Waals surface area contributed by atoms with E-state index in [2.05, 4.69) is 149 Å². The number of nitrogens with one attached hydrogen (secondary N) is 1. The number of carbonyl (C=O) groups is 1. The van der Waals surface area contributed by atoms with Crippen molar-refractivity contribution in [3.05, 3.63) is 143 Å². The van der Waals surface area contributed by atoms with Gasteiger partial charge in [0.15, 0.2) is 58.2 Å². The number of nitriles is 1. The number of amides is 1. The van der Waals surface area contributed by atoms with E-state index in [-0.39, 0.29) is 36.1 Å². The van der Waals surface area contributed by atoms with E-state index in [4.69, 9.17) is 65.1 Å². The second-order valence-corrected chi connectivity index (χ2v) is 49.0. The fraction of sp³-hybridized carbons (Fsp3) is 0.457. The number of anilines is 7. The molecular weight excluding hydrogens is 1890 g/mol. The lowest BCUT2D eigenvalue weighted by Crippen LogP contribution is -2.44. The molecule has 17 heterocycles. The molecule has 46 heteroatoms. The van der Waals surface area contributed by atoms with Crippen LogP contribution in [0.5, 0.6) is 0 Å². The van der Waals surface area contributed by atoms with E-state index < -0.39 is 48.6 Å². The van der Waals surface area contributed by atoms with Crippen LogP contribution < -0.4 is 36.0 Å². The Morgan fingerprint density at radius 2 is 0.786 bits per heavy atom. The van der Waals surface area contributed by atoms with E-state index in [9.17, 15) is 31.1 Å². The Morgan fingerprint density at radius 1 is 0.443 bits per heavy atom. The number of nitrogen functional groups attached to an aromatic ring is 2. The quantitative estimate of drug-likeness (QED) is 0.0858. The molecule has 744 valence electrons. The molecule has 6 aliphatic heterocycles. The number of hydrogen-bond donors (Lipinski definition) is 3. The van der Waals surface area contributed by atoms with Crippen LogP contribution in [0.4, 0.5) is 69.8 Å². The van der Waals surface area contributed by atoms with Gasteiger partial charge in [-0.25, -0.2) is 90.8 Å². The fourth-order valence-electron chi connectivity index (χ4n) is 16.4. The van der Waals surface area contributed by atoms with Gasteiger partial charge in [0.05, 0.1) is 112 Å². The summed E-state index contributed by atoms with van der Waals surface area (Å²) in [5, 5.41) is 10.2. The van der Waals surface area contributed by atoms with E-state index >= 15 is 0 Å². The van der Waals surface area contributed by atoms with Gasteiger partial charge in [-0.05, 0) is 117 Å². The number of hydrogen-bond acceptors (Lipinski definition) is 39. The van der Waals surface area contributed by atoms with Crippen molar-refractivity contribution in [3.63, 3.8) is 0 Å². The van der Waals surface area contributed by atoms with Crippen molar-refractivity contribution >= 4 is 141 Å². The number of fused-ring (bicyclic) bond motifs is 2. The molecule has 140 heavy (non-hydrogen) atoms. The van der Waals surface area contributed by atoms with E-state index in [1.54, 1.807) is 117 Å². The van der Waals surface area contributed by atoms with Crippen LogP contribution in [-0.4, -0.2) is 315 Å². The lowest BCUT2D eigenvalue weighted by molar-refractivity contribution is -0.128. The lowest BCUT2D eigenvalue weighted by Gasteiger charge is -2.34. The summed E-state index contributed by atoms with van der Waals surface area (Å²) < 4.78 is 112. The van der Waals surface area contributed by atoms with Gasteiger partial charge in [0, 0.05) is 264 Å². The largest absolute Gasteiger partial charge is 0.384 e. The van der Waals surface area contributed by atoms with Crippen molar-refractivity contribution in [2.75, 3.05) is 209 Å². The van der Waals surface area contributed by atoms with Crippen LogP contribution in [-0.2, 0) is 83.5 Å². The van der Waals surface area contributed by atoms with Crippen molar-refractivity contribution in [2.24, 2.45) is 21.8 Å². The van der Waals surface area contributed by atoms with Crippen LogP contribution in [0.1, 0.15) is 81.3 Å². The molecule has 0 bridgehead atoms. The molecular formula is C94H122N30O11S5. The van der Waals surface area contributed by atoms with Gasteiger partial charge in [-0.2, -0.15) is 27.1 Å². The molecule has 0 unspecified atom stereocenters. The van der Waals surface area contributed by atoms with Crippen molar-refractivity contribution in [2.45, 2.75) is 106 Å². The minimum absolute atomic E-state index is 0.00367. The van der Waals surface area contributed by atoms with Crippen LogP contribution in [0.15, 0.2) is 125 Å². The molecule has 5 atom stereocenters. The normalized spacial score (nSPS) is 18.7. The topological polar surface area (TPSA) is 515 Å². The maximum absolute atomic E-state index is 13.5. The average molecular weight is 2010 g/mol. The zero-order chi connectivity index (χ0) is 100. The Bertz CT molecular complexity index is 7000. The highest BCUT2D eigenvalue weighted by Gasteiger charge is 2.31. The molecule has 0 aromatic carbocycles. The first kappa shape index (κ1) is 103. The average Bonchev–Trinajstić information content (AvgIpc) is 0.880. The Morgan fingerprint density at radius 3 is 1.16 bits per heavy atom. The van der Waals surface area contributed by atoms with Gasteiger partial charge in [0.1, 0.15) is 58.1 Å². The number of aromatic amines is 1. The first-order chi connectivity index (χ1) is 66.4. The van der Waals surface area contributed by atoms with Crippen LogP contribution in [0.25, 0.3) is 74.0 Å². The van der Waals surface area contributed by atoms with Gasteiger partial charge >= 0.3 is 0 Å². The number of pyridine rings is 5. The number of morpholine rings is 5. The molecule has 0 saturated carbocycles. The maximum Gasteiger partial charge on any atom is 0.219 e. The van der Waals surface area contributed by atoms with Gasteiger partial charge in [-0.1, -0.05) is 12.2 Å². The highest BCUT2D eigenvalue weighted by Crippen LogP contribution is 2.38. The number of H-pyrrole nitrogens is 1. The number of carbonyl (C=O) groups excluding carboxylic acids is 1. The Balaban J connectivity index is 0.000000140. The molecule has 1 aliphatic carbocycles. The molecule has 5 N–H and O–H groups in total. The third kappa shape index (κ3) is 28.0. The lowest BCUT2D eigenvalue weighted by atomic mass is 10.1. The Labute approximate surface area is 818 Å². The summed E-state index contributed by atoms with van der Waals surface area (Å²) in [6, 6.07) is 28.3. The summed E-state index contributed by atoms with van der Waals surface area (Å²) in [5.41, 5.74) is 22.1. The predicted molar refractivity (Wildman–Crippen MR) is 552 cm³/mol. The third-order valence-corrected chi connectivity index (χ3v) is 27.4. The summed E-state index contributed by atoms with van der Waals surface area (Å²) in [6.45, 7) is 30.3. The van der Waals surface area contributed by atoms with Crippen molar-refractivity contribution < 1.29 is 49.5 Å². The van der Waals surface area contributed by atoms with Gasteiger partial charge < -0.3 is 69.5 Å². The van der Waals surface area contributed by atoms with E-state index in [0.29, 0.717) is 196 Å². The fourth-order valence-corrected chi connectivity index (χ4v) is 20.5. The summed E-state index contributed by atoms with van der Waals surface area (Å²) in [5.74, 6) is 9.70. The first-order valence-corrected chi connectivity index (χ1v) is 56.9. The van der Waals surface area contributed by atoms with Crippen molar-refractivity contribution in [3.8, 4) is 63.0 Å². The van der Waals surface area contributed by atoms with E-state index in [1.807, 2.05) is 70.2 Å². The maximum atomic E-state index is 13.5. The summed E-state index contributed by atoms with van der Waals surface area (Å²) in [4.78, 5) is 95.5. The van der Waals surface area contributed by atoms with E-state index in [1.165, 1.54) is 0 Å². The molecule has 11 aromatic heterocycles. The molecule has 6 fully saturated rings. The monoisotopic (exact) mass is 2010 g/mol. The molecule has 1 amide bonds. The van der Waals surface area contributed by atoms with Crippen LogP contribution in [0, 0.1) is 39.0 Å². The Kier molecular flexibility index (Phi) is 32.9. The number of allylic oxidation sites excluding steroid dienone is 1. The number of rotatable bonds is 15. The van der Waals surface area contributed by atoms with Gasteiger partial charge in [-0.3, -0.25) is 9.78 Å². The van der Waals surface area contributed by atoms with Crippen molar-refractivity contribution in [1.82, 2.24) is 84.6 Å². The predicted octanol–water partition coefficient (Wildman–Crippen LogP) is 11.5. The van der Waals surface area contributed by atoms with Gasteiger partial charge in [0.2, 0.25) is 5.91 Å². The minimum Gasteiger partial charge on any atom is -0.384 e. The smallest absolute Gasteiger partial charge is 0.219 e. The number of aromatic nitrogens is 16. The highest BCUT2D eigenvalue weighted by molar-refractivity contribution is 7.94. The molecule has 11 aromatic rings. The summed E-state index contributed by atoms with van der Waals surface area (Å²) in [6.07, 6.45) is 21.1. The Hall–Kier alpha value is -12.5.